The van der Waals surface area contributed by atoms with Gasteiger partial charge in [-0.2, -0.15) is 5.10 Å². The minimum absolute atomic E-state index is 0.128. The topological polar surface area (TPSA) is 56.1 Å². The van der Waals surface area contributed by atoms with Crippen LogP contribution in [-0.4, -0.2) is 28.8 Å². The monoisotopic (exact) mass is 301 g/mol. The number of methoxy groups -OCH3 is 1. The van der Waals surface area contributed by atoms with Crippen molar-refractivity contribution in [1.29, 1.82) is 0 Å². The lowest BCUT2D eigenvalue weighted by Crippen LogP contribution is -2.32. The lowest BCUT2D eigenvalue weighted by molar-refractivity contribution is 0.0933. The SMILES string of the molecule is CCC(C)NC(=O)c1cc(-c2ccc(OC)cc2)n(CC)n1. The molecule has 0 radical (unpaired) electrons. The summed E-state index contributed by atoms with van der Waals surface area (Å²) in [5, 5.41) is 7.35. The Hall–Kier alpha value is -2.30. The minimum Gasteiger partial charge on any atom is -0.497 e. The van der Waals surface area contributed by atoms with E-state index >= 15 is 0 Å². The lowest BCUT2D eigenvalue weighted by Gasteiger charge is -2.09. The van der Waals surface area contributed by atoms with Crippen LogP contribution < -0.4 is 10.1 Å². The van der Waals surface area contributed by atoms with Gasteiger partial charge in [-0.15, -0.1) is 0 Å². The van der Waals surface area contributed by atoms with Crippen molar-refractivity contribution in [3.63, 3.8) is 0 Å². The third-order valence-corrected chi connectivity index (χ3v) is 3.69. The number of hydrogen-bond acceptors (Lipinski definition) is 3. The Kier molecular flexibility index (Phi) is 5.20. The number of hydrogen-bond donors (Lipinski definition) is 1. The molecule has 0 saturated carbocycles. The van der Waals surface area contributed by atoms with E-state index in [0.29, 0.717) is 12.2 Å². The molecule has 5 heteroatoms. The van der Waals surface area contributed by atoms with E-state index in [1.165, 1.54) is 0 Å². The summed E-state index contributed by atoms with van der Waals surface area (Å²) < 4.78 is 7.02. The molecule has 1 aromatic carbocycles. The highest BCUT2D eigenvalue weighted by molar-refractivity contribution is 5.93. The zero-order valence-electron chi connectivity index (χ0n) is 13.6. The maximum absolute atomic E-state index is 12.2. The van der Waals surface area contributed by atoms with Crippen LogP contribution >= 0.6 is 0 Å². The summed E-state index contributed by atoms with van der Waals surface area (Å²) in [6.07, 6.45) is 0.894. The highest BCUT2D eigenvalue weighted by Crippen LogP contribution is 2.23. The summed E-state index contributed by atoms with van der Waals surface area (Å²) in [4.78, 5) is 12.2. The standard InChI is InChI=1S/C17H23N3O2/c1-5-12(3)18-17(21)15-11-16(20(6-2)19-15)13-7-9-14(22-4)10-8-13/h7-12H,5-6H2,1-4H3,(H,18,21). The number of rotatable bonds is 6. The van der Waals surface area contributed by atoms with E-state index in [4.69, 9.17) is 4.74 Å². The van der Waals surface area contributed by atoms with Crippen molar-refractivity contribution in [3.05, 3.63) is 36.0 Å². The maximum atomic E-state index is 12.2. The van der Waals surface area contributed by atoms with Crippen LogP contribution in [0, 0.1) is 0 Å². The molecule has 1 atom stereocenters. The second kappa shape index (κ2) is 7.11. The van der Waals surface area contributed by atoms with Gasteiger partial charge >= 0.3 is 0 Å². The fraction of sp³-hybridized carbons (Fsp3) is 0.412. The molecular weight excluding hydrogens is 278 g/mol. The summed E-state index contributed by atoms with van der Waals surface area (Å²) >= 11 is 0. The number of aromatic nitrogens is 2. The van der Waals surface area contributed by atoms with E-state index in [-0.39, 0.29) is 11.9 Å². The summed E-state index contributed by atoms with van der Waals surface area (Å²) in [5.41, 5.74) is 2.39. The van der Waals surface area contributed by atoms with E-state index < -0.39 is 0 Å². The van der Waals surface area contributed by atoms with Crippen molar-refractivity contribution >= 4 is 5.91 Å². The van der Waals surface area contributed by atoms with Crippen LogP contribution in [0.25, 0.3) is 11.3 Å². The van der Waals surface area contributed by atoms with Crippen LogP contribution in [-0.2, 0) is 6.54 Å². The highest BCUT2D eigenvalue weighted by atomic mass is 16.5. The fourth-order valence-electron chi connectivity index (χ4n) is 2.16. The van der Waals surface area contributed by atoms with Gasteiger partial charge in [-0.05, 0) is 50.6 Å². The van der Waals surface area contributed by atoms with E-state index in [0.717, 1.165) is 23.4 Å². The summed E-state index contributed by atoms with van der Waals surface area (Å²) in [7, 11) is 1.64. The third kappa shape index (κ3) is 3.47. The number of carbonyl (C=O) groups is 1. The third-order valence-electron chi connectivity index (χ3n) is 3.69. The van der Waals surface area contributed by atoms with Crippen LogP contribution in [0.4, 0.5) is 0 Å². The van der Waals surface area contributed by atoms with Crippen molar-refractivity contribution in [2.24, 2.45) is 0 Å². The van der Waals surface area contributed by atoms with Crippen LogP contribution in [0.3, 0.4) is 0 Å². The molecule has 1 heterocycles. The predicted molar refractivity (Wildman–Crippen MR) is 87.1 cm³/mol. The smallest absolute Gasteiger partial charge is 0.272 e. The van der Waals surface area contributed by atoms with Gasteiger partial charge in [0, 0.05) is 18.2 Å². The number of nitrogens with zero attached hydrogens (tertiary/aromatic N) is 2. The summed E-state index contributed by atoms with van der Waals surface area (Å²) in [5.74, 6) is 0.678. The van der Waals surface area contributed by atoms with Crippen LogP contribution in [0.15, 0.2) is 30.3 Å². The molecule has 1 amide bonds. The van der Waals surface area contributed by atoms with E-state index in [2.05, 4.69) is 10.4 Å². The van der Waals surface area contributed by atoms with Gasteiger partial charge < -0.3 is 10.1 Å². The second-order valence-corrected chi connectivity index (χ2v) is 5.24. The second-order valence-electron chi connectivity index (χ2n) is 5.24. The quantitative estimate of drug-likeness (QED) is 0.892. The van der Waals surface area contributed by atoms with Crippen molar-refractivity contribution in [2.75, 3.05) is 7.11 Å². The highest BCUT2D eigenvalue weighted by Gasteiger charge is 2.16. The number of ether oxygens (including phenoxy) is 1. The molecule has 0 spiro atoms. The first kappa shape index (κ1) is 16.1. The molecule has 0 saturated heterocycles. The van der Waals surface area contributed by atoms with Crippen molar-refractivity contribution in [2.45, 2.75) is 39.8 Å². The Bertz CT molecular complexity index is 632. The van der Waals surface area contributed by atoms with Gasteiger partial charge in [0.2, 0.25) is 0 Å². The maximum Gasteiger partial charge on any atom is 0.272 e. The number of amides is 1. The lowest BCUT2D eigenvalue weighted by atomic mass is 10.1. The molecule has 2 rings (SSSR count). The molecule has 0 fully saturated rings. The number of aryl methyl sites for hydroxylation is 1. The van der Waals surface area contributed by atoms with Crippen LogP contribution in [0.5, 0.6) is 5.75 Å². The normalized spacial score (nSPS) is 12.0. The molecule has 1 N–H and O–H groups in total. The molecule has 2 aromatic rings. The molecule has 22 heavy (non-hydrogen) atoms. The largest absolute Gasteiger partial charge is 0.497 e. The number of carbonyl (C=O) groups excluding carboxylic acids is 1. The van der Waals surface area contributed by atoms with Crippen molar-refractivity contribution < 1.29 is 9.53 Å². The fourth-order valence-corrected chi connectivity index (χ4v) is 2.16. The molecule has 1 aromatic heterocycles. The predicted octanol–water partition coefficient (Wildman–Crippen LogP) is 3.11. The Labute approximate surface area is 131 Å². The number of benzene rings is 1. The van der Waals surface area contributed by atoms with Gasteiger partial charge in [-0.3, -0.25) is 9.48 Å². The van der Waals surface area contributed by atoms with Crippen molar-refractivity contribution in [1.82, 2.24) is 15.1 Å². The first-order valence-electron chi connectivity index (χ1n) is 7.62. The van der Waals surface area contributed by atoms with Crippen LogP contribution in [0.1, 0.15) is 37.7 Å². The summed E-state index contributed by atoms with van der Waals surface area (Å²) in [6.45, 7) is 6.74. The van der Waals surface area contributed by atoms with Gasteiger partial charge in [0.05, 0.1) is 12.8 Å². The molecule has 5 nitrogen and oxygen atoms in total. The Balaban J connectivity index is 2.29. The van der Waals surface area contributed by atoms with Gasteiger partial charge in [-0.25, -0.2) is 0 Å². The average Bonchev–Trinajstić information content (AvgIpc) is 2.99. The van der Waals surface area contributed by atoms with Crippen molar-refractivity contribution in [3.8, 4) is 17.0 Å². The molecule has 0 aliphatic heterocycles. The number of nitrogens with one attached hydrogen (secondary N) is 1. The zero-order chi connectivity index (χ0) is 16.1. The molecule has 0 bridgehead atoms. The van der Waals surface area contributed by atoms with E-state index in [9.17, 15) is 4.79 Å². The molecule has 0 aliphatic rings. The Morgan fingerprint density at radius 3 is 2.55 bits per heavy atom. The Morgan fingerprint density at radius 1 is 1.32 bits per heavy atom. The molecule has 0 aliphatic carbocycles. The molecule has 1 unspecified atom stereocenters. The van der Waals surface area contributed by atoms with Gasteiger partial charge in [0.15, 0.2) is 5.69 Å². The first-order valence-corrected chi connectivity index (χ1v) is 7.62. The first-order chi connectivity index (χ1) is 10.6. The average molecular weight is 301 g/mol. The van der Waals surface area contributed by atoms with Crippen LogP contribution in [0.2, 0.25) is 0 Å². The van der Waals surface area contributed by atoms with E-state index in [1.807, 2.05) is 55.8 Å². The van der Waals surface area contributed by atoms with Gasteiger partial charge in [0.25, 0.3) is 5.91 Å². The molecule has 118 valence electrons. The minimum atomic E-state index is -0.128. The van der Waals surface area contributed by atoms with Gasteiger partial charge in [-0.1, -0.05) is 6.92 Å². The van der Waals surface area contributed by atoms with Gasteiger partial charge in [0.1, 0.15) is 5.75 Å². The summed E-state index contributed by atoms with van der Waals surface area (Å²) in [6, 6.07) is 9.73. The molecular formula is C17H23N3O2. The zero-order valence-corrected chi connectivity index (χ0v) is 13.6. The Morgan fingerprint density at radius 2 is 2.00 bits per heavy atom. The van der Waals surface area contributed by atoms with E-state index in [1.54, 1.807) is 7.11 Å².